The van der Waals surface area contributed by atoms with Gasteiger partial charge in [-0.05, 0) is 48.2 Å². The molecule has 0 aromatic carbocycles. The first kappa shape index (κ1) is 16.9. The van der Waals surface area contributed by atoms with E-state index in [-0.39, 0.29) is 6.04 Å². The highest BCUT2D eigenvalue weighted by atomic mass is 32.2. The lowest BCUT2D eigenvalue weighted by atomic mass is 10.1. The maximum absolute atomic E-state index is 12.5. The standard InChI is InChI=1S/C14H25N3O2S2/c1-2-15-11-14-5-3-4-9-17(14)21(18,19)16-8-6-13-7-10-20-12-13/h7,10,12,14-16H,2-6,8-9,11H2,1H3. The number of rotatable bonds is 8. The van der Waals surface area contributed by atoms with Gasteiger partial charge in [0.1, 0.15) is 0 Å². The minimum absolute atomic E-state index is 0.0809. The second-order valence-corrected chi connectivity index (χ2v) is 7.84. The fourth-order valence-corrected chi connectivity index (χ4v) is 4.82. The van der Waals surface area contributed by atoms with Gasteiger partial charge in [-0.3, -0.25) is 0 Å². The molecule has 0 bridgehead atoms. The molecule has 0 saturated carbocycles. The van der Waals surface area contributed by atoms with E-state index in [9.17, 15) is 8.42 Å². The Balaban J connectivity index is 1.89. The Bertz CT molecular complexity index is 502. The van der Waals surface area contributed by atoms with Crippen LogP contribution in [0.1, 0.15) is 31.7 Å². The van der Waals surface area contributed by atoms with Crippen LogP contribution < -0.4 is 10.0 Å². The summed E-state index contributed by atoms with van der Waals surface area (Å²) in [5, 5.41) is 7.34. The minimum Gasteiger partial charge on any atom is -0.315 e. The predicted molar refractivity (Wildman–Crippen MR) is 87.8 cm³/mol. The van der Waals surface area contributed by atoms with Crippen molar-refractivity contribution >= 4 is 21.5 Å². The molecule has 0 radical (unpaired) electrons. The molecule has 7 heteroatoms. The highest BCUT2D eigenvalue weighted by Gasteiger charge is 2.31. The Labute approximate surface area is 131 Å². The van der Waals surface area contributed by atoms with Crippen LogP contribution in [-0.4, -0.2) is 44.9 Å². The molecule has 1 aliphatic heterocycles. The summed E-state index contributed by atoms with van der Waals surface area (Å²) in [6, 6.07) is 2.12. The number of thiophene rings is 1. The number of nitrogens with one attached hydrogen (secondary N) is 2. The second kappa shape index (κ2) is 8.24. The number of nitrogens with zero attached hydrogens (tertiary/aromatic N) is 1. The highest BCUT2D eigenvalue weighted by molar-refractivity contribution is 7.87. The van der Waals surface area contributed by atoms with Gasteiger partial charge < -0.3 is 5.32 Å². The van der Waals surface area contributed by atoms with E-state index >= 15 is 0 Å². The Morgan fingerprint density at radius 2 is 2.29 bits per heavy atom. The molecule has 1 aromatic rings. The van der Waals surface area contributed by atoms with Crippen molar-refractivity contribution < 1.29 is 8.42 Å². The Kier molecular flexibility index (Phi) is 6.63. The van der Waals surface area contributed by atoms with Crippen molar-refractivity contribution in [2.45, 2.75) is 38.6 Å². The maximum Gasteiger partial charge on any atom is 0.279 e. The number of hydrogen-bond acceptors (Lipinski definition) is 4. The topological polar surface area (TPSA) is 61.4 Å². The molecule has 1 saturated heterocycles. The van der Waals surface area contributed by atoms with Crippen molar-refractivity contribution in [3.05, 3.63) is 22.4 Å². The van der Waals surface area contributed by atoms with E-state index in [0.717, 1.165) is 38.8 Å². The van der Waals surface area contributed by atoms with Crippen molar-refractivity contribution in [3.8, 4) is 0 Å². The Morgan fingerprint density at radius 3 is 3.00 bits per heavy atom. The van der Waals surface area contributed by atoms with Crippen LogP contribution in [0, 0.1) is 0 Å². The summed E-state index contributed by atoms with van der Waals surface area (Å²) in [6.45, 7) is 4.74. The normalized spacial score (nSPS) is 20.7. The van der Waals surface area contributed by atoms with Crippen LogP contribution in [-0.2, 0) is 16.6 Å². The summed E-state index contributed by atoms with van der Waals surface area (Å²) in [5.41, 5.74) is 1.19. The van der Waals surface area contributed by atoms with Crippen LogP contribution in [0.15, 0.2) is 16.8 Å². The SMILES string of the molecule is CCNCC1CCCCN1S(=O)(=O)NCCc1ccsc1. The average Bonchev–Trinajstić information content (AvgIpc) is 2.98. The third kappa shape index (κ3) is 5.03. The molecule has 1 unspecified atom stereocenters. The van der Waals surface area contributed by atoms with Gasteiger partial charge in [0.2, 0.25) is 0 Å². The molecule has 1 aromatic heterocycles. The zero-order chi connectivity index (χ0) is 15.1. The zero-order valence-electron chi connectivity index (χ0n) is 12.5. The molecular weight excluding hydrogens is 306 g/mol. The van der Waals surface area contributed by atoms with E-state index in [1.807, 2.05) is 18.4 Å². The van der Waals surface area contributed by atoms with E-state index in [4.69, 9.17) is 0 Å². The third-order valence-corrected chi connectivity index (χ3v) is 6.19. The molecule has 21 heavy (non-hydrogen) atoms. The second-order valence-electron chi connectivity index (χ2n) is 5.35. The van der Waals surface area contributed by atoms with Gasteiger partial charge in [-0.1, -0.05) is 13.3 Å². The van der Waals surface area contributed by atoms with E-state index in [2.05, 4.69) is 15.4 Å². The molecule has 5 nitrogen and oxygen atoms in total. The summed E-state index contributed by atoms with van der Waals surface area (Å²) < 4.78 is 29.3. The quantitative estimate of drug-likeness (QED) is 0.760. The van der Waals surface area contributed by atoms with E-state index in [1.54, 1.807) is 15.6 Å². The molecule has 2 rings (SSSR count). The molecule has 120 valence electrons. The van der Waals surface area contributed by atoms with Gasteiger partial charge in [0.25, 0.3) is 10.2 Å². The van der Waals surface area contributed by atoms with Gasteiger partial charge in [0.05, 0.1) is 0 Å². The number of likely N-dealkylation sites (N-methyl/N-ethyl adjacent to an activating group) is 1. The summed E-state index contributed by atoms with van der Waals surface area (Å²) in [6.07, 6.45) is 3.75. The van der Waals surface area contributed by atoms with Crippen LogP contribution in [0.5, 0.6) is 0 Å². The molecular formula is C14H25N3O2S2. The van der Waals surface area contributed by atoms with Gasteiger partial charge in [-0.25, -0.2) is 4.72 Å². The molecule has 1 atom stereocenters. The zero-order valence-corrected chi connectivity index (χ0v) is 14.2. The Hall–Kier alpha value is -0.470. The molecule has 0 aliphatic carbocycles. The monoisotopic (exact) mass is 331 g/mol. The molecule has 1 fully saturated rings. The van der Waals surface area contributed by atoms with Gasteiger partial charge in [-0.15, -0.1) is 0 Å². The van der Waals surface area contributed by atoms with Crippen molar-refractivity contribution in [1.82, 2.24) is 14.3 Å². The summed E-state index contributed by atoms with van der Waals surface area (Å²) in [5.74, 6) is 0. The fourth-order valence-electron chi connectivity index (χ4n) is 2.65. The lowest BCUT2D eigenvalue weighted by Crippen LogP contribution is -2.52. The maximum atomic E-state index is 12.5. The number of piperidine rings is 1. The first-order valence-corrected chi connectivity index (χ1v) is 10.00. The van der Waals surface area contributed by atoms with Crippen LogP contribution >= 0.6 is 11.3 Å². The molecule has 2 heterocycles. The van der Waals surface area contributed by atoms with Gasteiger partial charge in [0.15, 0.2) is 0 Å². The van der Waals surface area contributed by atoms with Gasteiger partial charge in [-0.2, -0.15) is 24.1 Å². The number of hydrogen-bond donors (Lipinski definition) is 2. The summed E-state index contributed by atoms with van der Waals surface area (Å²) in [4.78, 5) is 0. The smallest absolute Gasteiger partial charge is 0.279 e. The molecule has 1 aliphatic rings. The van der Waals surface area contributed by atoms with Crippen molar-refractivity contribution in [3.63, 3.8) is 0 Å². The van der Waals surface area contributed by atoms with E-state index in [1.165, 1.54) is 5.56 Å². The van der Waals surface area contributed by atoms with Crippen molar-refractivity contribution in [2.75, 3.05) is 26.2 Å². The van der Waals surface area contributed by atoms with E-state index in [0.29, 0.717) is 13.1 Å². The van der Waals surface area contributed by atoms with Crippen LogP contribution in [0.25, 0.3) is 0 Å². The summed E-state index contributed by atoms with van der Waals surface area (Å²) >= 11 is 1.64. The van der Waals surface area contributed by atoms with Crippen molar-refractivity contribution in [1.29, 1.82) is 0 Å². The lowest BCUT2D eigenvalue weighted by molar-refractivity contribution is 0.244. The van der Waals surface area contributed by atoms with Gasteiger partial charge >= 0.3 is 0 Å². The van der Waals surface area contributed by atoms with E-state index < -0.39 is 10.2 Å². The van der Waals surface area contributed by atoms with Crippen LogP contribution in [0.4, 0.5) is 0 Å². The predicted octanol–water partition coefficient (Wildman–Crippen LogP) is 1.59. The summed E-state index contributed by atoms with van der Waals surface area (Å²) in [7, 11) is -3.37. The van der Waals surface area contributed by atoms with Crippen LogP contribution in [0.3, 0.4) is 0 Å². The van der Waals surface area contributed by atoms with Crippen molar-refractivity contribution in [2.24, 2.45) is 0 Å². The van der Waals surface area contributed by atoms with Crippen LogP contribution in [0.2, 0.25) is 0 Å². The highest BCUT2D eigenvalue weighted by Crippen LogP contribution is 2.19. The first-order chi connectivity index (χ1) is 10.1. The van der Waals surface area contributed by atoms with Gasteiger partial charge in [0, 0.05) is 25.7 Å². The molecule has 2 N–H and O–H groups in total. The molecule has 0 amide bonds. The lowest BCUT2D eigenvalue weighted by Gasteiger charge is -2.34. The minimum atomic E-state index is -3.37. The average molecular weight is 332 g/mol. The molecule has 0 spiro atoms. The fraction of sp³-hybridized carbons (Fsp3) is 0.714. The third-order valence-electron chi connectivity index (χ3n) is 3.79. The first-order valence-electron chi connectivity index (χ1n) is 7.61. The Morgan fingerprint density at radius 1 is 1.43 bits per heavy atom. The largest absolute Gasteiger partial charge is 0.315 e.